The van der Waals surface area contributed by atoms with Crippen molar-refractivity contribution in [3.63, 3.8) is 0 Å². The summed E-state index contributed by atoms with van der Waals surface area (Å²) in [4.78, 5) is 16.0. The van der Waals surface area contributed by atoms with Crippen LogP contribution in [0.1, 0.15) is 45.1 Å². The number of hydrogen-bond donors (Lipinski definition) is 1. The minimum absolute atomic E-state index is 0. The van der Waals surface area contributed by atoms with E-state index in [2.05, 4.69) is 45.9 Å². The van der Waals surface area contributed by atoms with Crippen LogP contribution in [0.3, 0.4) is 0 Å². The molecule has 0 aliphatic rings. The number of thiophene rings is 1. The van der Waals surface area contributed by atoms with Gasteiger partial charge < -0.3 is 10.1 Å². The minimum Gasteiger partial charge on any atom is -0.512 e. The van der Waals surface area contributed by atoms with Crippen LogP contribution in [-0.2, 0) is 30.3 Å². The van der Waals surface area contributed by atoms with E-state index < -0.39 is 0 Å². The number of aryl methyl sites for hydroxylation is 1. The van der Waals surface area contributed by atoms with Crippen LogP contribution in [0.25, 0.3) is 42.9 Å². The fourth-order valence-electron chi connectivity index (χ4n) is 4.41. The van der Waals surface area contributed by atoms with E-state index >= 15 is 0 Å². The van der Waals surface area contributed by atoms with Crippen LogP contribution in [0.5, 0.6) is 0 Å². The molecule has 0 aliphatic heterocycles. The van der Waals surface area contributed by atoms with Crippen molar-refractivity contribution >= 4 is 48.8 Å². The van der Waals surface area contributed by atoms with E-state index in [4.69, 9.17) is 10.1 Å². The first-order chi connectivity index (χ1) is 16.9. The van der Waals surface area contributed by atoms with Gasteiger partial charge in [-0.15, -0.1) is 23.3 Å². The van der Waals surface area contributed by atoms with Crippen LogP contribution < -0.4 is 0 Å². The summed E-state index contributed by atoms with van der Waals surface area (Å²) in [6.07, 6.45) is 3.01. The van der Waals surface area contributed by atoms with Gasteiger partial charge in [0.25, 0.3) is 0 Å². The van der Waals surface area contributed by atoms with Crippen molar-refractivity contribution in [2.24, 2.45) is 0 Å². The van der Waals surface area contributed by atoms with Gasteiger partial charge in [-0.05, 0) is 81.2 Å². The second-order valence-corrected chi connectivity index (χ2v) is 11.3. The first kappa shape index (κ1) is 28.6. The van der Waals surface area contributed by atoms with Gasteiger partial charge in [-0.1, -0.05) is 50.4 Å². The van der Waals surface area contributed by atoms with Gasteiger partial charge >= 0.3 is 0 Å². The van der Waals surface area contributed by atoms with Gasteiger partial charge in [-0.2, -0.15) is 11.3 Å². The summed E-state index contributed by atoms with van der Waals surface area (Å²) >= 11 is 1.78. The molecule has 5 aromatic rings. The summed E-state index contributed by atoms with van der Waals surface area (Å²) in [6, 6.07) is 19.1. The molecule has 0 saturated heterocycles. The van der Waals surface area contributed by atoms with E-state index in [-0.39, 0.29) is 42.9 Å². The second-order valence-electron chi connectivity index (χ2n) is 10.0. The van der Waals surface area contributed by atoms with Crippen LogP contribution in [0, 0.1) is 18.8 Å². The molecule has 0 amide bonds. The number of aliphatic hydroxyl groups excluding tert-OH is 1. The van der Waals surface area contributed by atoms with Gasteiger partial charge in [0.05, 0.1) is 5.76 Å². The molecule has 5 rings (SSSR count). The standard InChI is InChI=1S/C26H21FNS.C5H8O2.Ir/c1-15-11-22-23(26(2,3)4)13-17(14-24(22)29-15)25-21-7-5-16-12-18(27)6-8-19(16)20(21)9-10-28-25;1-4(6)3-5(2)7;/h5-13H,1-4H3;3,6H,1-2H3;/q-1;;/b;4-3-;. The summed E-state index contributed by atoms with van der Waals surface area (Å²) in [5.74, 6) is -0.278. The maximum atomic E-state index is 13.7. The van der Waals surface area contributed by atoms with E-state index in [1.807, 2.05) is 30.5 Å². The Hall–Kier alpha value is -2.92. The number of rotatable bonds is 2. The van der Waals surface area contributed by atoms with Gasteiger partial charge in [0.15, 0.2) is 5.78 Å². The van der Waals surface area contributed by atoms with Gasteiger partial charge in [-0.25, -0.2) is 4.39 Å². The number of carbonyl (C=O) groups is 1. The average Bonchev–Trinajstić information content (AvgIpc) is 3.16. The molecule has 193 valence electrons. The van der Waals surface area contributed by atoms with E-state index in [1.54, 1.807) is 17.4 Å². The Kier molecular flexibility index (Phi) is 8.69. The number of benzene rings is 3. The van der Waals surface area contributed by atoms with Gasteiger partial charge in [0.1, 0.15) is 5.82 Å². The van der Waals surface area contributed by atoms with Gasteiger partial charge in [-0.3, -0.25) is 4.79 Å². The van der Waals surface area contributed by atoms with E-state index in [1.165, 1.54) is 46.5 Å². The predicted molar refractivity (Wildman–Crippen MR) is 149 cm³/mol. The summed E-state index contributed by atoms with van der Waals surface area (Å²) in [5, 5.41) is 13.7. The third-order valence-corrected chi connectivity index (χ3v) is 6.85. The zero-order chi connectivity index (χ0) is 26.2. The molecule has 0 saturated carbocycles. The zero-order valence-electron chi connectivity index (χ0n) is 21.7. The summed E-state index contributed by atoms with van der Waals surface area (Å²) < 4.78 is 14.8. The number of fused-ring (bicyclic) bond motifs is 4. The zero-order valence-corrected chi connectivity index (χ0v) is 24.9. The maximum absolute atomic E-state index is 13.7. The molecule has 2 heterocycles. The summed E-state index contributed by atoms with van der Waals surface area (Å²) in [7, 11) is 0. The minimum atomic E-state index is -0.215. The van der Waals surface area contributed by atoms with Crippen LogP contribution >= 0.6 is 11.3 Å². The normalized spacial score (nSPS) is 11.8. The van der Waals surface area contributed by atoms with E-state index in [0.717, 1.165) is 32.8 Å². The molecule has 2 aromatic heterocycles. The number of hydrogen-bond acceptors (Lipinski definition) is 4. The van der Waals surface area contributed by atoms with Crippen LogP contribution in [0.2, 0.25) is 0 Å². The molecule has 6 heteroatoms. The monoisotopic (exact) mass is 691 g/mol. The van der Waals surface area contributed by atoms with E-state index in [9.17, 15) is 9.18 Å². The quantitative estimate of drug-likeness (QED) is 0.0872. The summed E-state index contributed by atoms with van der Waals surface area (Å²) in [5.41, 5.74) is 3.26. The molecule has 0 unspecified atom stereocenters. The fraction of sp³-hybridized carbons (Fsp3) is 0.226. The molecular weight excluding hydrogens is 662 g/mol. The predicted octanol–water partition coefficient (Wildman–Crippen LogP) is 8.85. The number of aromatic nitrogens is 1. The number of ketones is 1. The first-order valence-corrected chi connectivity index (χ1v) is 12.6. The Morgan fingerprint density at radius 3 is 2.32 bits per heavy atom. The molecule has 0 aliphatic carbocycles. The molecule has 1 radical (unpaired) electrons. The molecular formula is C31H29FIrNO2S-. The topological polar surface area (TPSA) is 50.2 Å². The number of pyridine rings is 1. The third-order valence-electron chi connectivity index (χ3n) is 5.88. The molecule has 0 atom stereocenters. The van der Waals surface area contributed by atoms with Gasteiger partial charge in [0, 0.05) is 32.4 Å². The Morgan fingerprint density at radius 1 is 1.00 bits per heavy atom. The van der Waals surface area contributed by atoms with Crippen molar-refractivity contribution in [3.8, 4) is 11.3 Å². The Morgan fingerprint density at radius 2 is 1.70 bits per heavy atom. The Labute approximate surface area is 234 Å². The number of aliphatic hydroxyl groups is 1. The SMILES string of the molecule is CC(=O)/C=C(/C)O.Cc1cc2c(C(C)(C)C)cc(-c3nccc4c3ccc3cc(F)ccc34)[c-]c2s1.[Ir]. The molecule has 3 aromatic carbocycles. The number of nitrogens with zero attached hydrogens (tertiary/aromatic N) is 1. The van der Waals surface area contributed by atoms with Crippen molar-refractivity contribution in [2.75, 3.05) is 0 Å². The molecule has 0 fully saturated rings. The number of allylic oxidation sites excluding steroid dienone is 2. The molecule has 0 bridgehead atoms. The molecule has 3 nitrogen and oxygen atoms in total. The molecule has 1 N–H and O–H groups in total. The van der Waals surface area contributed by atoms with Crippen molar-refractivity contribution in [3.05, 3.63) is 88.9 Å². The van der Waals surface area contributed by atoms with Crippen LogP contribution in [0.15, 0.2) is 66.6 Å². The van der Waals surface area contributed by atoms with Gasteiger partial charge in [0.2, 0.25) is 0 Å². The smallest absolute Gasteiger partial charge is 0.155 e. The van der Waals surface area contributed by atoms with Crippen molar-refractivity contribution < 1.29 is 34.4 Å². The Bertz CT molecular complexity index is 1640. The molecule has 37 heavy (non-hydrogen) atoms. The average molecular weight is 691 g/mol. The van der Waals surface area contributed by atoms with Crippen molar-refractivity contribution in [1.82, 2.24) is 4.98 Å². The van der Waals surface area contributed by atoms with Crippen LogP contribution in [-0.4, -0.2) is 15.9 Å². The number of carbonyl (C=O) groups excluding carboxylic acids is 1. The van der Waals surface area contributed by atoms with Crippen molar-refractivity contribution in [1.29, 1.82) is 0 Å². The van der Waals surface area contributed by atoms with E-state index in [0.29, 0.717) is 0 Å². The fourth-order valence-corrected chi connectivity index (χ4v) is 5.35. The summed E-state index contributed by atoms with van der Waals surface area (Å²) in [6.45, 7) is 11.7. The Balaban J connectivity index is 0.000000422. The molecule has 0 spiro atoms. The second kappa shape index (κ2) is 11.2. The maximum Gasteiger partial charge on any atom is 0.155 e. The first-order valence-electron chi connectivity index (χ1n) is 11.8. The number of halogens is 1. The third kappa shape index (κ3) is 6.32. The van der Waals surface area contributed by atoms with Crippen LogP contribution in [0.4, 0.5) is 4.39 Å². The largest absolute Gasteiger partial charge is 0.512 e. The van der Waals surface area contributed by atoms with Crippen molar-refractivity contribution in [2.45, 2.75) is 47.0 Å².